The highest BCUT2D eigenvalue weighted by molar-refractivity contribution is 5.71. The molecule has 146 valence electrons. The van der Waals surface area contributed by atoms with Crippen molar-refractivity contribution in [2.75, 3.05) is 0 Å². The molecule has 0 spiro atoms. The zero-order valence-electron chi connectivity index (χ0n) is 16.2. The maximum atomic E-state index is 11.5. The Bertz CT molecular complexity index is 567. The summed E-state index contributed by atoms with van der Waals surface area (Å²) in [7, 11) is 0. The van der Waals surface area contributed by atoms with Crippen molar-refractivity contribution in [2.45, 2.75) is 71.1 Å². The van der Waals surface area contributed by atoms with Crippen molar-refractivity contribution in [3.63, 3.8) is 0 Å². The zero-order chi connectivity index (χ0) is 19.7. The monoisotopic (exact) mass is 364 g/mol. The van der Waals surface area contributed by atoms with E-state index >= 15 is 0 Å². The Kier molecular flexibility index (Phi) is 8.58. The number of nitrogens with one attached hydrogen (secondary N) is 1. The van der Waals surface area contributed by atoms with Crippen LogP contribution in [0.25, 0.3) is 0 Å². The van der Waals surface area contributed by atoms with Crippen LogP contribution in [0.5, 0.6) is 0 Å². The molecule has 0 saturated heterocycles. The summed E-state index contributed by atoms with van der Waals surface area (Å²) in [5.74, 6) is -1.12. The van der Waals surface area contributed by atoms with Crippen molar-refractivity contribution in [2.24, 2.45) is 11.7 Å². The Morgan fingerprint density at radius 3 is 2.31 bits per heavy atom. The average molecular weight is 364 g/mol. The Hall–Kier alpha value is -2.08. The van der Waals surface area contributed by atoms with Gasteiger partial charge in [-0.2, -0.15) is 0 Å². The quantitative estimate of drug-likeness (QED) is 0.756. The number of hydrogen-bond acceptors (Lipinski definition) is 4. The van der Waals surface area contributed by atoms with Gasteiger partial charge in [0.15, 0.2) is 0 Å². The number of amides is 1. The van der Waals surface area contributed by atoms with Gasteiger partial charge in [-0.1, -0.05) is 36.8 Å². The van der Waals surface area contributed by atoms with Crippen molar-refractivity contribution >= 4 is 12.1 Å². The van der Waals surface area contributed by atoms with Crippen LogP contribution >= 0.6 is 0 Å². The van der Waals surface area contributed by atoms with Gasteiger partial charge in [0, 0.05) is 12.1 Å². The molecule has 1 amide bonds. The molecule has 0 radical (unpaired) electrons. The van der Waals surface area contributed by atoms with E-state index in [0.29, 0.717) is 12.8 Å². The lowest BCUT2D eigenvalue weighted by Crippen LogP contribution is -2.42. The molecule has 4 N–H and O–H groups in total. The van der Waals surface area contributed by atoms with Crippen LogP contribution in [0, 0.1) is 5.92 Å². The van der Waals surface area contributed by atoms with Gasteiger partial charge in [0.25, 0.3) is 0 Å². The first kappa shape index (κ1) is 22.0. The van der Waals surface area contributed by atoms with Gasteiger partial charge in [0.2, 0.25) is 0 Å². The van der Waals surface area contributed by atoms with Crippen LogP contribution in [-0.2, 0) is 9.53 Å². The van der Waals surface area contributed by atoms with E-state index in [4.69, 9.17) is 15.6 Å². The van der Waals surface area contributed by atoms with Crippen LogP contribution in [0.2, 0.25) is 0 Å². The summed E-state index contributed by atoms with van der Waals surface area (Å²) in [5, 5.41) is 11.7. The highest BCUT2D eigenvalue weighted by Crippen LogP contribution is 2.24. The summed E-state index contributed by atoms with van der Waals surface area (Å²) < 4.78 is 5.14. The molecule has 1 saturated carbocycles. The van der Waals surface area contributed by atoms with Gasteiger partial charge in [-0.05, 0) is 52.5 Å². The van der Waals surface area contributed by atoms with Crippen molar-refractivity contribution in [1.29, 1.82) is 0 Å². The number of carboxylic acids is 1. The average Bonchev–Trinajstić information content (AvgIpc) is 2.54. The first-order chi connectivity index (χ1) is 12.1. The van der Waals surface area contributed by atoms with E-state index in [9.17, 15) is 9.59 Å². The Balaban J connectivity index is 0.000000314. The molecule has 26 heavy (non-hydrogen) atoms. The van der Waals surface area contributed by atoms with Gasteiger partial charge in [0.1, 0.15) is 5.60 Å². The second-order valence-electron chi connectivity index (χ2n) is 7.74. The summed E-state index contributed by atoms with van der Waals surface area (Å²) >= 11 is 0. The van der Waals surface area contributed by atoms with E-state index in [2.05, 4.69) is 5.32 Å². The molecule has 3 atom stereocenters. The van der Waals surface area contributed by atoms with E-state index in [1.807, 2.05) is 37.3 Å². The van der Waals surface area contributed by atoms with Crippen LogP contribution in [0.1, 0.15) is 65.0 Å². The van der Waals surface area contributed by atoms with Gasteiger partial charge >= 0.3 is 12.1 Å². The third-order valence-corrected chi connectivity index (χ3v) is 4.07. The SMILES string of the molecule is CC(C)(C)OC(=O)N[C@@H]1CCC[C@H](C(=O)O)C1.C[C@H](N)c1ccccc1. The molecule has 2 rings (SSSR count). The van der Waals surface area contributed by atoms with Crippen molar-refractivity contribution in [1.82, 2.24) is 5.32 Å². The Morgan fingerprint density at radius 2 is 1.85 bits per heavy atom. The lowest BCUT2D eigenvalue weighted by atomic mass is 9.86. The number of nitrogens with two attached hydrogens (primary N) is 1. The molecular formula is C20H32N2O4. The number of ether oxygens (including phenoxy) is 1. The first-order valence-corrected chi connectivity index (χ1v) is 9.11. The van der Waals surface area contributed by atoms with Gasteiger partial charge in [0.05, 0.1) is 5.92 Å². The third-order valence-electron chi connectivity index (χ3n) is 4.07. The number of rotatable bonds is 3. The fraction of sp³-hybridized carbons (Fsp3) is 0.600. The third kappa shape index (κ3) is 8.85. The molecule has 0 aliphatic heterocycles. The molecule has 1 aromatic rings. The van der Waals surface area contributed by atoms with E-state index in [0.717, 1.165) is 12.8 Å². The number of carbonyl (C=O) groups is 2. The summed E-state index contributed by atoms with van der Waals surface area (Å²) in [6.07, 6.45) is 2.38. The minimum atomic E-state index is -0.777. The van der Waals surface area contributed by atoms with Crippen LogP contribution in [0.4, 0.5) is 4.79 Å². The van der Waals surface area contributed by atoms with Crippen LogP contribution in [0.3, 0.4) is 0 Å². The lowest BCUT2D eigenvalue weighted by Gasteiger charge is -2.28. The first-order valence-electron chi connectivity index (χ1n) is 9.11. The van der Waals surface area contributed by atoms with Crippen molar-refractivity contribution < 1.29 is 19.4 Å². The van der Waals surface area contributed by atoms with E-state index in [1.54, 1.807) is 20.8 Å². The number of carbonyl (C=O) groups excluding carboxylic acids is 1. The normalized spacial score (nSPS) is 21.0. The van der Waals surface area contributed by atoms with E-state index in [-0.39, 0.29) is 18.0 Å². The molecular weight excluding hydrogens is 332 g/mol. The molecule has 6 nitrogen and oxygen atoms in total. The lowest BCUT2D eigenvalue weighted by molar-refractivity contribution is -0.143. The van der Waals surface area contributed by atoms with Crippen LogP contribution < -0.4 is 11.1 Å². The summed E-state index contributed by atoms with van der Waals surface area (Å²) in [4.78, 5) is 22.4. The Morgan fingerprint density at radius 1 is 1.23 bits per heavy atom. The van der Waals surface area contributed by atoms with E-state index in [1.165, 1.54) is 5.56 Å². The fourth-order valence-electron chi connectivity index (χ4n) is 2.78. The smallest absolute Gasteiger partial charge is 0.407 e. The van der Waals surface area contributed by atoms with Gasteiger partial charge in [-0.25, -0.2) is 4.79 Å². The number of hydrogen-bond donors (Lipinski definition) is 3. The molecule has 0 heterocycles. The Labute approximate surface area is 156 Å². The largest absolute Gasteiger partial charge is 0.481 e. The van der Waals surface area contributed by atoms with Crippen molar-refractivity contribution in [3.05, 3.63) is 35.9 Å². The highest BCUT2D eigenvalue weighted by atomic mass is 16.6. The maximum Gasteiger partial charge on any atom is 0.407 e. The number of carboxylic acid groups (broad SMARTS) is 1. The summed E-state index contributed by atoms with van der Waals surface area (Å²) in [5.41, 5.74) is 6.28. The predicted molar refractivity (Wildman–Crippen MR) is 102 cm³/mol. The highest BCUT2D eigenvalue weighted by Gasteiger charge is 2.28. The molecule has 0 bridgehead atoms. The van der Waals surface area contributed by atoms with Gasteiger partial charge < -0.3 is 20.9 Å². The van der Waals surface area contributed by atoms with Gasteiger partial charge in [-0.15, -0.1) is 0 Å². The number of aliphatic carboxylic acids is 1. The molecule has 6 heteroatoms. The second kappa shape index (κ2) is 10.2. The van der Waals surface area contributed by atoms with Crippen molar-refractivity contribution in [3.8, 4) is 0 Å². The van der Waals surface area contributed by atoms with Crippen LogP contribution in [-0.4, -0.2) is 28.8 Å². The van der Waals surface area contributed by atoms with E-state index < -0.39 is 17.7 Å². The maximum absolute atomic E-state index is 11.5. The fourth-order valence-corrected chi connectivity index (χ4v) is 2.78. The minimum absolute atomic E-state index is 0.0836. The van der Waals surface area contributed by atoms with Crippen LogP contribution in [0.15, 0.2) is 30.3 Å². The molecule has 1 aromatic carbocycles. The summed E-state index contributed by atoms with van der Waals surface area (Å²) in [6.45, 7) is 7.38. The second-order valence-corrected chi connectivity index (χ2v) is 7.74. The standard InChI is InChI=1S/C12H21NO4.C8H11N/c1-12(2,3)17-11(16)13-9-6-4-5-8(7-9)10(14)15;1-7(9)8-5-3-2-4-6-8/h8-9H,4-7H2,1-3H3,(H,13,16)(H,14,15);2-7H,9H2,1H3/t8-,9+;7-/m00/s1. The molecule has 1 aliphatic carbocycles. The zero-order valence-corrected chi connectivity index (χ0v) is 16.2. The molecule has 1 aliphatic rings. The minimum Gasteiger partial charge on any atom is -0.481 e. The predicted octanol–water partition coefficient (Wildman–Crippen LogP) is 3.86. The molecule has 0 aromatic heterocycles. The topological polar surface area (TPSA) is 102 Å². The summed E-state index contributed by atoms with van der Waals surface area (Å²) in [6, 6.07) is 10.1. The molecule has 0 unspecified atom stereocenters. The number of alkyl carbamates (subject to hydrolysis) is 1. The number of benzene rings is 1. The molecule has 1 fully saturated rings. The van der Waals surface area contributed by atoms with Gasteiger partial charge in [-0.3, -0.25) is 4.79 Å².